The molecule has 0 radical (unpaired) electrons. The van der Waals surface area contributed by atoms with Gasteiger partial charge in [-0.15, -0.1) is 0 Å². The summed E-state index contributed by atoms with van der Waals surface area (Å²) in [6.45, 7) is 11.4. The van der Waals surface area contributed by atoms with Gasteiger partial charge >= 0.3 is 0 Å². The molecule has 2 aromatic rings. The molecule has 2 fully saturated rings. The average Bonchev–Trinajstić information content (AvgIpc) is 2.99. The molecule has 1 atom stereocenters. The van der Waals surface area contributed by atoms with Gasteiger partial charge in [0.05, 0.1) is 11.8 Å². The van der Waals surface area contributed by atoms with E-state index in [4.69, 9.17) is 15.6 Å². The number of hydrogen-bond donors (Lipinski definition) is 2. The van der Waals surface area contributed by atoms with Crippen molar-refractivity contribution in [1.29, 1.82) is 10.8 Å². The largest absolute Gasteiger partial charge is 0.491 e. The average molecular weight is 573 g/mol. The van der Waals surface area contributed by atoms with E-state index in [0.717, 1.165) is 62.9 Å². The first-order valence-corrected chi connectivity index (χ1v) is 16.2. The standard InChI is InChI=1S/C36H52N4O2/c1-28(2)42-33-12-7-9-30(25-33)26-35(41)34(38)27-36(17-8-19-37,31-15-13-29(3)14-16-31)18-20-39-21-23-40(24-22-39)32-10-5-4-6-11-32/h7,9,12-16,19,25,28,32,37-38H,4-6,8,10-11,17-18,20-24,26-27H2,1-3H3/t36-/m0/s1. The van der Waals surface area contributed by atoms with E-state index in [0.29, 0.717) is 12.8 Å². The minimum absolute atomic E-state index is 0.0634. The second-order valence-electron chi connectivity index (χ2n) is 12.9. The van der Waals surface area contributed by atoms with E-state index in [-0.39, 0.29) is 29.4 Å². The quantitative estimate of drug-likeness (QED) is 0.225. The second kappa shape index (κ2) is 15.6. The summed E-state index contributed by atoms with van der Waals surface area (Å²) < 4.78 is 5.83. The number of aryl methyl sites for hydroxylation is 1. The molecule has 6 heteroatoms. The minimum Gasteiger partial charge on any atom is -0.491 e. The number of carbonyl (C=O) groups is 1. The van der Waals surface area contributed by atoms with Crippen molar-refractivity contribution in [2.24, 2.45) is 0 Å². The zero-order valence-electron chi connectivity index (χ0n) is 26.2. The van der Waals surface area contributed by atoms with Crippen molar-refractivity contribution in [3.05, 3.63) is 65.2 Å². The van der Waals surface area contributed by atoms with Gasteiger partial charge < -0.3 is 20.5 Å². The van der Waals surface area contributed by atoms with E-state index in [1.54, 1.807) is 0 Å². The van der Waals surface area contributed by atoms with Crippen molar-refractivity contribution in [2.45, 2.75) is 103 Å². The van der Waals surface area contributed by atoms with Crippen molar-refractivity contribution in [3.63, 3.8) is 0 Å². The lowest BCUT2D eigenvalue weighted by atomic mass is 9.69. The maximum absolute atomic E-state index is 13.4. The monoisotopic (exact) mass is 572 g/mol. The van der Waals surface area contributed by atoms with Crippen LogP contribution in [0.5, 0.6) is 5.75 Å². The molecular weight excluding hydrogens is 520 g/mol. The summed E-state index contributed by atoms with van der Waals surface area (Å²) in [5.41, 5.74) is 3.08. The summed E-state index contributed by atoms with van der Waals surface area (Å²) in [6, 6.07) is 17.1. The highest BCUT2D eigenvalue weighted by Gasteiger charge is 2.35. The molecule has 0 unspecified atom stereocenters. The Morgan fingerprint density at radius 3 is 2.40 bits per heavy atom. The van der Waals surface area contributed by atoms with Crippen molar-refractivity contribution >= 4 is 17.7 Å². The molecule has 1 saturated carbocycles. The molecule has 2 aromatic carbocycles. The Labute approximate surface area is 253 Å². The topological polar surface area (TPSA) is 80.5 Å². The number of nitrogens with one attached hydrogen (secondary N) is 2. The lowest BCUT2D eigenvalue weighted by molar-refractivity contribution is -0.112. The van der Waals surface area contributed by atoms with Crippen LogP contribution in [0.2, 0.25) is 0 Å². The van der Waals surface area contributed by atoms with Crippen molar-refractivity contribution in [1.82, 2.24) is 9.80 Å². The molecule has 228 valence electrons. The van der Waals surface area contributed by atoms with Gasteiger partial charge in [0.1, 0.15) is 5.75 Å². The normalized spacial score (nSPS) is 18.5. The third-order valence-electron chi connectivity index (χ3n) is 9.32. The van der Waals surface area contributed by atoms with Crippen LogP contribution in [0.25, 0.3) is 0 Å². The lowest BCUT2D eigenvalue weighted by Crippen LogP contribution is -2.51. The van der Waals surface area contributed by atoms with E-state index < -0.39 is 0 Å². The maximum Gasteiger partial charge on any atom is 0.180 e. The number of hydrogen-bond acceptors (Lipinski definition) is 6. The van der Waals surface area contributed by atoms with E-state index in [2.05, 4.69) is 41.0 Å². The van der Waals surface area contributed by atoms with Gasteiger partial charge in [-0.25, -0.2) is 0 Å². The Hall–Kier alpha value is -2.83. The van der Waals surface area contributed by atoms with Crippen molar-refractivity contribution < 1.29 is 9.53 Å². The predicted octanol–water partition coefficient (Wildman–Crippen LogP) is 7.01. The molecule has 42 heavy (non-hydrogen) atoms. The molecule has 1 saturated heterocycles. The number of ether oxygens (including phenoxy) is 1. The Morgan fingerprint density at radius 2 is 1.74 bits per heavy atom. The first-order valence-electron chi connectivity index (χ1n) is 16.2. The smallest absolute Gasteiger partial charge is 0.180 e. The molecule has 0 amide bonds. The van der Waals surface area contributed by atoms with Gasteiger partial charge in [0, 0.05) is 50.5 Å². The maximum atomic E-state index is 13.4. The number of nitrogens with zero attached hydrogens (tertiary/aromatic N) is 2. The van der Waals surface area contributed by atoms with Crippen LogP contribution in [0.4, 0.5) is 0 Å². The first-order chi connectivity index (χ1) is 20.3. The summed E-state index contributed by atoms with van der Waals surface area (Å²) in [7, 11) is 0. The fourth-order valence-corrected chi connectivity index (χ4v) is 6.85. The molecule has 4 rings (SSSR count). The highest BCUT2D eigenvalue weighted by molar-refractivity contribution is 6.39. The van der Waals surface area contributed by atoms with Crippen molar-refractivity contribution in [2.75, 3.05) is 32.7 Å². The van der Waals surface area contributed by atoms with Gasteiger partial charge in [-0.2, -0.15) is 0 Å². The molecular formula is C36H52N4O2. The van der Waals surface area contributed by atoms with Crippen LogP contribution >= 0.6 is 0 Å². The summed E-state index contributed by atoms with van der Waals surface area (Å²) in [5.74, 6) is 0.620. The number of Topliss-reactive ketones (excluding diaryl/α,β-unsaturated/α-hetero) is 1. The van der Waals surface area contributed by atoms with Crippen LogP contribution < -0.4 is 4.74 Å². The first kappa shape index (κ1) is 32.1. The molecule has 1 aliphatic carbocycles. The molecule has 6 nitrogen and oxygen atoms in total. The second-order valence-corrected chi connectivity index (χ2v) is 12.9. The SMILES string of the molecule is Cc1ccc([C@@](CCC=N)(CCN2CCN(C3CCCCC3)CC2)CC(=N)C(=O)Cc2cccc(OC(C)C)c2)cc1. The Balaban J connectivity index is 1.47. The predicted molar refractivity (Wildman–Crippen MR) is 174 cm³/mol. The van der Waals surface area contributed by atoms with Gasteiger partial charge in [0.2, 0.25) is 0 Å². The minimum atomic E-state index is -0.360. The Bertz CT molecular complexity index is 1160. The van der Waals surface area contributed by atoms with Crippen LogP contribution in [-0.2, 0) is 16.6 Å². The summed E-state index contributed by atoms with van der Waals surface area (Å²) in [6.07, 6.45) is 11.3. The third-order valence-corrected chi connectivity index (χ3v) is 9.32. The fourth-order valence-electron chi connectivity index (χ4n) is 6.85. The van der Waals surface area contributed by atoms with Crippen LogP contribution in [0.3, 0.4) is 0 Å². The van der Waals surface area contributed by atoms with Crippen LogP contribution in [-0.4, -0.2) is 72.4 Å². The molecule has 0 bridgehead atoms. The summed E-state index contributed by atoms with van der Waals surface area (Å²) >= 11 is 0. The van der Waals surface area contributed by atoms with Crippen LogP contribution in [0.15, 0.2) is 48.5 Å². The lowest BCUT2D eigenvalue weighted by Gasteiger charge is -2.42. The number of carbonyl (C=O) groups excluding carboxylic acids is 1. The highest BCUT2D eigenvalue weighted by Crippen LogP contribution is 2.38. The molecule has 0 spiro atoms. The van der Waals surface area contributed by atoms with E-state index in [1.807, 2.05) is 38.1 Å². The van der Waals surface area contributed by atoms with E-state index in [9.17, 15) is 4.79 Å². The van der Waals surface area contributed by atoms with Gasteiger partial charge in [0.25, 0.3) is 0 Å². The van der Waals surface area contributed by atoms with E-state index >= 15 is 0 Å². The van der Waals surface area contributed by atoms with Crippen molar-refractivity contribution in [3.8, 4) is 5.75 Å². The third kappa shape index (κ3) is 9.08. The van der Waals surface area contributed by atoms with Gasteiger partial charge in [0.15, 0.2) is 5.78 Å². The fraction of sp³-hybridized carbons (Fsp3) is 0.583. The van der Waals surface area contributed by atoms with Gasteiger partial charge in [-0.1, -0.05) is 61.2 Å². The van der Waals surface area contributed by atoms with Crippen LogP contribution in [0, 0.1) is 17.7 Å². The number of ketones is 1. The van der Waals surface area contributed by atoms with Gasteiger partial charge in [-0.05, 0) is 88.9 Å². The van der Waals surface area contributed by atoms with E-state index in [1.165, 1.54) is 49.4 Å². The zero-order valence-corrected chi connectivity index (χ0v) is 26.2. The van der Waals surface area contributed by atoms with Gasteiger partial charge in [-0.3, -0.25) is 9.69 Å². The Morgan fingerprint density at radius 1 is 1.02 bits per heavy atom. The number of piperazine rings is 1. The zero-order chi connectivity index (χ0) is 30.0. The number of benzene rings is 2. The summed E-state index contributed by atoms with van der Waals surface area (Å²) in [5, 5.41) is 16.8. The number of rotatable bonds is 15. The molecule has 2 aliphatic rings. The molecule has 1 heterocycles. The van der Waals surface area contributed by atoms with Crippen LogP contribution in [0.1, 0.15) is 88.3 Å². The molecule has 1 aliphatic heterocycles. The molecule has 0 aromatic heterocycles. The Kier molecular flexibility index (Phi) is 11.9. The summed E-state index contributed by atoms with van der Waals surface area (Å²) in [4.78, 5) is 18.7. The highest BCUT2D eigenvalue weighted by atomic mass is 16.5. The molecule has 2 N–H and O–H groups in total.